The maximum atomic E-state index is 5.63. The minimum absolute atomic E-state index is 0.376. The van der Waals surface area contributed by atoms with Crippen LogP contribution >= 0.6 is 0 Å². The van der Waals surface area contributed by atoms with Crippen LogP contribution in [0, 0.1) is 0 Å². The molecule has 0 atom stereocenters. The summed E-state index contributed by atoms with van der Waals surface area (Å²) in [6, 6.07) is 0. The Hall–Kier alpha value is -1.04. The molecule has 5 heteroatoms. The first kappa shape index (κ1) is 12.4. The smallest absolute Gasteiger partial charge is 0.160 e. The molecule has 2 heterocycles. The van der Waals surface area contributed by atoms with E-state index in [1.54, 1.807) is 7.11 Å². The predicted molar refractivity (Wildman–Crippen MR) is 63.5 cm³/mol. The van der Waals surface area contributed by atoms with Gasteiger partial charge in [-0.25, -0.2) is 9.97 Å². The number of nitrogens with zero attached hydrogens (tertiary/aromatic N) is 2. The summed E-state index contributed by atoms with van der Waals surface area (Å²) < 4.78 is 11.0. The molecule has 94 valence electrons. The first-order valence-electron chi connectivity index (χ1n) is 5.95. The number of methoxy groups -OCH3 is 1. The fraction of sp³-hybridized carbons (Fsp3) is 0.667. The van der Waals surface area contributed by atoms with Crippen LogP contribution in [0.4, 0.5) is 0 Å². The van der Waals surface area contributed by atoms with Crippen LogP contribution < -0.4 is 5.73 Å². The molecule has 0 spiro atoms. The largest absolute Gasteiger partial charge is 0.381 e. The van der Waals surface area contributed by atoms with Gasteiger partial charge in [0.15, 0.2) is 5.82 Å². The zero-order chi connectivity index (χ0) is 12.1. The van der Waals surface area contributed by atoms with E-state index in [9.17, 15) is 0 Å². The quantitative estimate of drug-likeness (QED) is 0.831. The van der Waals surface area contributed by atoms with Crippen molar-refractivity contribution in [2.45, 2.75) is 24.9 Å². The summed E-state index contributed by atoms with van der Waals surface area (Å²) in [5, 5.41) is 0. The standard InChI is InChI=1S/C12H19N3O2/c1-16-12(3-6-17-7-4-12)11-14-8-10(2-5-13)9-15-11/h8-9H,2-7,13H2,1H3. The van der Waals surface area contributed by atoms with E-state index in [0.29, 0.717) is 19.8 Å². The van der Waals surface area contributed by atoms with Crippen LogP contribution in [0.15, 0.2) is 12.4 Å². The lowest BCUT2D eigenvalue weighted by Gasteiger charge is -2.34. The molecule has 2 N–H and O–H groups in total. The van der Waals surface area contributed by atoms with Crippen molar-refractivity contribution in [3.63, 3.8) is 0 Å². The summed E-state index contributed by atoms with van der Waals surface area (Å²) in [5.74, 6) is 0.754. The summed E-state index contributed by atoms with van der Waals surface area (Å²) in [7, 11) is 1.71. The van der Waals surface area contributed by atoms with Gasteiger partial charge < -0.3 is 15.2 Å². The molecule has 0 amide bonds. The molecule has 1 aliphatic heterocycles. The van der Waals surface area contributed by atoms with Gasteiger partial charge in [0.05, 0.1) is 0 Å². The summed E-state index contributed by atoms with van der Waals surface area (Å²) in [6.45, 7) is 2.01. The highest BCUT2D eigenvalue weighted by atomic mass is 16.5. The number of rotatable bonds is 4. The van der Waals surface area contributed by atoms with Crippen molar-refractivity contribution in [3.8, 4) is 0 Å². The fourth-order valence-electron chi connectivity index (χ4n) is 2.11. The van der Waals surface area contributed by atoms with Crippen molar-refractivity contribution in [1.82, 2.24) is 9.97 Å². The van der Waals surface area contributed by atoms with E-state index in [1.807, 2.05) is 12.4 Å². The molecule has 0 bridgehead atoms. The molecular formula is C12H19N3O2. The first-order chi connectivity index (χ1) is 8.30. The van der Waals surface area contributed by atoms with Gasteiger partial charge in [-0.1, -0.05) is 0 Å². The Balaban J connectivity index is 2.18. The van der Waals surface area contributed by atoms with E-state index in [0.717, 1.165) is 30.7 Å². The SMILES string of the molecule is COC1(c2ncc(CCN)cn2)CCOCC1. The van der Waals surface area contributed by atoms with Gasteiger partial charge in [0.1, 0.15) is 5.60 Å². The summed E-state index contributed by atoms with van der Waals surface area (Å²) in [5.41, 5.74) is 6.19. The van der Waals surface area contributed by atoms with Crippen molar-refractivity contribution in [2.75, 3.05) is 26.9 Å². The van der Waals surface area contributed by atoms with E-state index in [2.05, 4.69) is 9.97 Å². The van der Waals surface area contributed by atoms with Crippen molar-refractivity contribution in [3.05, 3.63) is 23.8 Å². The number of aromatic nitrogens is 2. The topological polar surface area (TPSA) is 70.3 Å². The first-order valence-corrected chi connectivity index (χ1v) is 5.95. The Morgan fingerprint density at radius 3 is 2.53 bits per heavy atom. The average Bonchev–Trinajstić information content (AvgIpc) is 2.41. The van der Waals surface area contributed by atoms with Crippen LogP contribution in [-0.4, -0.2) is 36.8 Å². The second-order valence-corrected chi connectivity index (χ2v) is 4.26. The number of nitrogens with two attached hydrogens (primary N) is 1. The lowest BCUT2D eigenvalue weighted by molar-refractivity contribution is -0.1000. The summed E-state index contributed by atoms with van der Waals surface area (Å²) in [4.78, 5) is 8.83. The molecule has 1 saturated heterocycles. The highest BCUT2D eigenvalue weighted by molar-refractivity contribution is 5.10. The maximum absolute atomic E-state index is 5.63. The summed E-state index contributed by atoms with van der Waals surface area (Å²) in [6.07, 6.45) is 6.10. The summed E-state index contributed by atoms with van der Waals surface area (Å²) >= 11 is 0. The molecule has 0 unspecified atom stereocenters. The number of ether oxygens (including phenoxy) is 2. The third-order valence-electron chi connectivity index (χ3n) is 3.24. The molecule has 0 aromatic carbocycles. The molecule has 1 aromatic heterocycles. The van der Waals surface area contributed by atoms with Gasteiger partial charge in [0.25, 0.3) is 0 Å². The van der Waals surface area contributed by atoms with Gasteiger partial charge in [0, 0.05) is 45.6 Å². The van der Waals surface area contributed by atoms with Crippen LogP contribution in [0.5, 0.6) is 0 Å². The Morgan fingerprint density at radius 1 is 1.35 bits per heavy atom. The molecule has 0 radical (unpaired) electrons. The molecule has 5 nitrogen and oxygen atoms in total. The highest BCUT2D eigenvalue weighted by Crippen LogP contribution is 2.32. The molecule has 17 heavy (non-hydrogen) atoms. The predicted octanol–water partition coefficient (Wildman–Crippen LogP) is 0.630. The lowest BCUT2D eigenvalue weighted by Crippen LogP contribution is -2.37. The van der Waals surface area contributed by atoms with Gasteiger partial charge in [-0.05, 0) is 18.5 Å². The molecule has 2 rings (SSSR count). The Labute approximate surface area is 101 Å². The molecule has 0 saturated carbocycles. The molecule has 1 aliphatic rings. The molecule has 1 aromatic rings. The van der Waals surface area contributed by atoms with Crippen LogP contribution in [-0.2, 0) is 21.5 Å². The Kier molecular flexibility index (Phi) is 4.04. The monoisotopic (exact) mass is 237 g/mol. The van der Waals surface area contributed by atoms with Crippen LogP contribution in [0.1, 0.15) is 24.2 Å². The van der Waals surface area contributed by atoms with E-state index in [4.69, 9.17) is 15.2 Å². The van der Waals surface area contributed by atoms with Gasteiger partial charge in [-0.2, -0.15) is 0 Å². The maximum Gasteiger partial charge on any atom is 0.160 e. The number of hydrogen-bond donors (Lipinski definition) is 1. The van der Waals surface area contributed by atoms with E-state index in [1.165, 1.54) is 0 Å². The van der Waals surface area contributed by atoms with Gasteiger partial charge >= 0.3 is 0 Å². The van der Waals surface area contributed by atoms with Gasteiger partial charge in [-0.3, -0.25) is 0 Å². The van der Waals surface area contributed by atoms with Gasteiger partial charge in [0.2, 0.25) is 0 Å². The third-order valence-corrected chi connectivity index (χ3v) is 3.24. The van der Waals surface area contributed by atoms with Crippen LogP contribution in [0.3, 0.4) is 0 Å². The zero-order valence-electron chi connectivity index (χ0n) is 10.2. The van der Waals surface area contributed by atoms with E-state index < -0.39 is 0 Å². The Bertz CT molecular complexity index is 347. The second kappa shape index (κ2) is 5.53. The fourth-order valence-corrected chi connectivity index (χ4v) is 2.11. The van der Waals surface area contributed by atoms with Crippen molar-refractivity contribution in [1.29, 1.82) is 0 Å². The number of hydrogen-bond acceptors (Lipinski definition) is 5. The zero-order valence-corrected chi connectivity index (χ0v) is 10.2. The minimum Gasteiger partial charge on any atom is -0.381 e. The second-order valence-electron chi connectivity index (χ2n) is 4.26. The highest BCUT2D eigenvalue weighted by Gasteiger charge is 2.37. The third kappa shape index (κ3) is 2.62. The van der Waals surface area contributed by atoms with E-state index >= 15 is 0 Å². The molecule has 1 fully saturated rings. The van der Waals surface area contributed by atoms with Gasteiger partial charge in [-0.15, -0.1) is 0 Å². The van der Waals surface area contributed by atoms with Crippen molar-refractivity contribution < 1.29 is 9.47 Å². The van der Waals surface area contributed by atoms with Crippen molar-refractivity contribution >= 4 is 0 Å². The Morgan fingerprint density at radius 2 is 2.00 bits per heavy atom. The molecular weight excluding hydrogens is 218 g/mol. The van der Waals surface area contributed by atoms with E-state index in [-0.39, 0.29) is 5.60 Å². The average molecular weight is 237 g/mol. The molecule has 0 aliphatic carbocycles. The normalized spacial score (nSPS) is 19.2. The van der Waals surface area contributed by atoms with Crippen LogP contribution in [0.2, 0.25) is 0 Å². The lowest BCUT2D eigenvalue weighted by atomic mass is 9.93. The minimum atomic E-state index is -0.376. The van der Waals surface area contributed by atoms with Crippen molar-refractivity contribution in [2.24, 2.45) is 5.73 Å². The van der Waals surface area contributed by atoms with Crippen LogP contribution in [0.25, 0.3) is 0 Å².